The Kier molecular flexibility index (Phi) is 2.89. The van der Waals surface area contributed by atoms with Crippen LogP contribution in [0, 0.1) is 0 Å². The van der Waals surface area contributed by atoms with E-state index in [1.807, 2.05) is 18.2 Å². The smallest absolute Gasteiger partial charge is 0.172 e. The van der Waals surface area contributed by atoms with Crippen molar-refractivity contribution in [3.8, 4) is 0 Å². The molecule has 0 bridgehead atoms. The predicted octanol–water partition coefficient (Wildman–Crippen LogP) is 4.52. The molecular weight excluding hydrogens is 267 g/mol. The number of hydrogen-bond donors (Lipinski definition) is 0. The molecule has 1 aliphatic carbocycles. The lowest BCUT2D eigenvalue weighted by atomic mass is 9.74. The van der Waals surface area contributed by atoms with Crippen LogP contribution in [0.3, 0.4) is 0 Å². The first-order valence-electron chi connectivity index (χ1n) is 5.74. The molecule has 0 fully saturated rings. The second-order valence-electron chi connectivity index (χ2n) is 4.42. The standard InChI is InChI=1S/C15H10Cl2O/c16-13-7-3-6-11(14(13)17)15(18)12-8-9-4-1-2-5-10(9)12/h1-7,12H,8H2. The second kappa shape index (κ2) is 4.42. The molecule has 1 atom stereocenters. The van der Waals surface area contributed by atoms with Gasteiger partial charge in [-0.25, -0.2) is 0 Å². The minimum absolute atomic E-state index is 0.0567. The Hall–Kier alpha value is -1.31. The highest BCUT2D eigenvalue weighted by atomic mass is 35.5. The van der Waals surface area contributed by atoms with Crippen molar-refractivity contribution in [1.82, 2.24) is 0 Å². The lowest BCUT2D eigenvalue weighted by molar-refractivity contribution is 0.0949. The van der Waals surface area contributed by atoms with E-state index in [1.165, 1.54) is 5.56 Å². The maximum atomic E-state index is 12.4. The first-order valence-corrected chi connectivity index (χ1v) is 6.50. The van der Waals surface area contributed by atoms with Crippen LogP contribution >= 0.6 is 23.2 Å². The molecule has 3 heteroatoms. The van der Waals surface area contributed by atoms with Crippen LogP contribution in [0.25, 0.3) is 0 Å². The minimum Gasteiger partial charge on any atom is -0.293 e. The molecule has 0 aliphatic heterocycles. The van der Waals surface area contributed by atoms with Gasteiger partial charge in [-0.3, -0.25) is 4.79 Å². The maximum absolute atomic E-state index is 12.4. The first kappa shape index (κ1) is 11.8. The molecule has 2 aromatic carbocycles. The van der Waals surface area contributed by atoms with Gasteiger partial charge in [0.25, 0.3) is 0 Å². The summed E-state index contributed by atoms with van der Waals surface area (Å²) in [6.45, 7) is 0. The van der Waals surface area contributed by atoms with E-state index in [-0.39, 0.29) is 11.7 Å². The monoisotopic (exact) mass is 276 g/mol. The van der Waals surface area contributed by atoms with Crippen molar-refractivity contribution in [2.45, 2.75) is 12.3 Å². The number of carbonyl (C=O) groups excluding carboxylic acids is 1. The molecule has 1 unspecified atom stereocenters. The first-order chi connectivity index (χ1) is 8.68. The number of ketones is 1. The van der Waals surface area contributed by atoms with Crippen molar-refractivity contribution in [2.24, 2.45) is 0 Å². The van der Waals surface area contributed by atoms with Crippen molar-refractivity contribution in [1.29, 1.82) is 0 Å². The van der Waals surface area contributed by atoms with Gasteiger partial charge < -0.3 is 0 Å². The number of Topliss-reactive ketones (excluding diaryl/α,β-unsaturated/α-hetero) is 1. The summed E-state index contributed by atoms with van der Waals surface area (Å²) in [4.78, 5) is 12.4. The number of carbonyl (C=O) groups is 1. The van der Waals surface area contributed by atoms with Crippen LogP contribution in [-0.4, -0.2) is 5.78 Å². The van der Waals surface area contributed by atoms with Gasteiger partial charge in [-0.2, -0.15) is 0 Å². The summed E-state index contributed by atoms with van der Waals surface area (Å²) in [6, 6.07) is 13.2. The molecule has 0 N–H and O–H groups in total. The Labute approximate surface area is 115 Å². The van der Waals surface area contributed by atoms with Gasteiger partial charge in [0.05, 0.1) is 16.0 Å². The Balaban J connectivity index is 1.96. The van der Waals surface area contributed by atoms with Crippen molar-refractivity contribution in [2.75, 3.05) is 0 Å². The third-order valence-corrected chi connectivity index (χ3v) is 4.21. The van der Waals surface area contributed by atoms with Crippen LogP contribution in [0.15, 0.2) is 42.5 Å². The molecule has 1 aliphatic rings. The zero-order valence-corrected chi connectivity index (χ0v) is 11.0. The van der Waals surface area contributed by atoms with Gasteiger partial charge >= 0.3 is 0 Å². The molecule has 3 rings (SSSR count). The van der Waals surface area contributed by atoms with Gasteiger partial charge in [0, 0.05) is 5.56 Å². The summed E-state index contributed by atoms with van der Waals surface area (Å²) >= 11 is 12.0. The summed E-state index contributed by atoms with van der Waals surface area (Å²) in [5.74, 6) is -0.0154. The fraction of sp³-hybridized carbons (Fsp3) is 0.133. The molecule has 0 saturated carbocycles. The van der Waals surface area contributed by atoms with E-state index in [2.05, 4.69) is 6.07 Å². The van der Waals surface area contributed by atoms with E-state index < -0.39 is 0 Å². The van der Waals surface area contributed by atoms with Gasteiger partial charge in [0.1, 0.15) is 0 Å². The largest absolute Gasteiger partial charge is 0.293 e. The van der Waals surface area contributed by atoms with E-state index in [4.69, 9.17) is 23.2 Å². The van der Waals surface area contributed by atoms with Crippen LogP contribution in [0.5, 0.6) is 0 Å². The van der Waals surface area contributed by atoms with Crippen LogP contribution in [0.4, 0.5) is 0 Å². The molecule has 1 nitrogen and oxygen atoms in total. The van der Waals surface area contributed by atoms with Crippen molar-refractivity contribution in [3.63, 3.8) is 0 Å². The highest BCUT2D eigenvalue weighted by Gasteiger charge is 2.33. The Morgan fingerprint density at radius 2 is 1.83 bits per heavy atom. The zero-order chi connectivity index (χ0) is 12.7. The van der Waals surface area contributed by atoms with Gasteiger partial charge in [-0.1, -0.05) is 53.5 Å². The number of halogens is 2. The van der Waals surface area contributed by atoms with Crippen LogP contribution in [0.2, 0.25) is 10.0 Å². The predicted molar refractivity (Wildman–Crippen MR) is 73.7 cm³/mol. The molecule has 0 saturated heterocycles. The Bertz CT molecular complexity index is 634. The topological polar surface area (TPSA) is 17.1 Å². The summed E-state index contributed by atoms with van der Waals surface area (Å²) in [5, 5.41) is 0.781. The molecular formula is C15H10Cl2O. The van der Waals surface area contributed by atoms with Gasteiger partial charge in [-0.05, 0) is 29.7 Å². The fourth-order valence-corrected chi connectivity index (χ4v) is 2.77. The summed E-state index contributed by atoms with van der Waals surface area (Å²) < 4.78 is 0. The lowest BCUT2D eigenvalue weighted by Gasteiger charge is -2.29. The fourth-order valence-electron chi connectivity index (χ4n) is 2.37. The molecule has 0 heterocycles. The lowest BCUT2D eigenvalue weighted by Crippen LogP contribution is -2.25. The van der Waals surface area contributed by atoms with E-state index in [9.17, 15) is 4.79 Å². The average molecular weight is 277 g/mol. The Morgan fingerprint density at radius 3 is 2.61 bits per heavy atom. The highest BCUT2D eigenvalue weighted by Crippen LogP contribution is 2.39. The van der Waals surface area contributed by atoms with Crippen LogP contribution < -0.4 is 0 Å². The molecule has 2 aromatic rings. The molecule has 18 heavy (non-hydrogen) atoms. The molecule has 0 radical (unpaired) electrons. The molecule has 0 spiro atoms. The van der Waals surface area contributed by atoms with Gasteiger partial charge in [-0.15, -0.1) is 0 Å². The summed E-state index contributed by atoms with van der Waals surface area (Å²) in [6.07, 6.45) is 0.790. The number of hydrogen-bond acceptors (Lipinski definition) is 1. The zero-order valence-electron chi connectivity index (χ0n) is 9.49. The second-order valence-corrected chi connectivity index (χ2v) is 5.21. The number of benzene rings is 2. The van der Waals surface area contributed by atoms with Crippen molar-refractivity contribution < 1.29 is 4.79 Å². The molecule has 0 aromatic heterocycles. The quantitative estimate of drug-likeness (QED) is 0.738. The highest BCUT2D eigenvalue weighted by molar-refractivity contribution is 6.44. The van der Waals surface area contributed by atoms with Crippen LogP contribution in [-0.2, 0) is 6.42 Å². The summed E-state index contributed by atoms with van der Waals surface area (Å²) in [5.41, 5.74) is 2.87. The Morgan fingerprint density at radius 1 is 1.06 bits per heavy atom. The third-order valence-electron chi connectivity index (χ3n) is 3.39. The SMILES string of the molecule is O=C(c1cccc(Cl)c1Cl)C1Cc2ccccc21. The van der Waals surface area contributed by atoms with Gasteiger partial charge in [0.2, 0.25) is 0 Å². The van der Waals surface area contributed by atoms with E-state index in [0.717, 1.165) is 12.0 Å². The normalized spacial score (nSPS) is 16.9. The maximum Gasteiger partial charge on any atom is 0.172 e. The molecule has 0 amide bonds. The minimum atomic E-state index is -0.0721. The van der Waals surface area contributed by atoms with Gasteiger partial charge in [0.15, 0.2) is 5.78 Å². The molecule has 90 valence electrons. The van der Waals surface area contributed by atoms with E-state index in [1.54, 1.807) is 18.2 Å². The third kappa shape index (κ3) is 1.75. The number of fused-ring (bicyclic) bond motifs is 1. The summed E-state index contributed by atoms with van der Waals surface area (Å²) in [7, 11) is 0. The van der Waals surface area contributed by atoms with Crippen molar-refractivity contribution >= 4 is 29.0 Å². The van der Waals surface area contributed by atoms with E-state index >= 15 is 0 Å². The van der Waals surface area contributed by atoms with E-state index in [0.29, 0.717) is 15.6 Å². The van der Waals surface area contributed by atoms with Crippen LogP contribution in [0.1, 0.15) is 27.4 Å². The number of rotatable bonds is 2. The average Bonchev–Trinajstić information content (AvgIpc) is 2.34. The van der Waals surface area contributed by atoms with Crippen molar-refractivity contribution in [3.05, 3.63) is 69.2 Å².